The summed E-state index contributed by atoms with van der Waals surface area (Å²) >= 11 is 1.49. The van der Waals surface area contributed by atoms with E-state index in [-0.39, 0.29) is 11.3 Å². The number of nitrogens with two attached hydrogens (primary N) is 1. The third kappa shape index (κ3) is 2.51. The third-order valence-electron chi connectivity index (χ3n) is 3.33. The first kappa shape index (κ1) is 13.1. The molecule has 0 saturated heterocycles. The Morgan fingerprint density at radius 1 is 1.35 bits per heavy atom. The van der Waals surface area contributed by atoms with Gasteiger partial charge >= 0.3 is 0 Å². The van der Waals surface area contributed by atoms with Crippen molar-refractivity contribution in [1.82, 2.24) is 4.98 Å². The number of aryl methyl sites for hydroxylation is 2. The second kappa shape index (κ2) is 5.20. The van der Waals surface area contributed by atoms with Crippen molar-refractivity contribution < 1.29 is 9.18 Å². The SMILES string of the molecule is Nc1ccc(F)cc1C(=O)Nc1nc2c(s1)CCCC2. The summed E-state index contributed by atoms with van der Waals surface area (Å²) in [5, 5.41) is 3.27. The maximum Gasteiger partial charge on any atom is 0.259 e. The Labute approximate surface area is 119 Å². The number of aromatic nitrogens is 1. The summed E-state index contributed by atoms with van der Waals surface area (Å²) in [6, 6.07) is 3.75. The molecule has 104 valence electrons. The molecule has 0 fully saturated rings. The van der Waals surface area contributed by atoms with Crippen LogP contribution in [0.15, 0.2) is 18.2 Å². The van der Waals surface area contributed by atoms with Crippen molar-refractivity contribution in [2.75, 3.05) is 11.1 Å². The van der Waals surface area contributed by atoms with Crippen LogP contribution in [-0.2, 0) is 12.8 Å². The second-order valence-corrected chi connectivity index (χ2v) is 5.87. The van der Waals surface area contributed by atoms with Crippen LogP contribution >= 0.6 is 11.3 Å². The molecule has 2 aromatic rings. The lowest BCUT2D eigenvalue weighted by molar-refractivity contribution is 0.102. The Morgan fingerprint density at radius 3 is 2.95 bits per heavy atom. The number of carbonyl (C=O) groups is 1. The molecule has 1 aliphatic rings. The molecular weight excluding hydrogens is 277 g/mol. The molecule has 4 nitrogen and oxygen atoms in total. The lowest BCUT2D eigenvalue weighted by atomic mass is 10.0. The van der Waals surface area contributed by atoms with E-state index in [4.69, 9.17) is 5.73 Å². The van der Waals surface area contributed by atoms with E-state index in [1.807, 2.05) is 0 Å². The van der Waals surface area contributed by atoms with Gasteiger partial charge in [0.15, 0.2) is 5.13 Å². The Kier molecular flexibility index (Phi) is 3.40. The summed E-state index contributed by atoms with van der Waals surface area (Å²) in [5.74, 6) is -0.907. The summed E-state index contributed by atoms with van der Waals surface area (Å²) in [6.07, 6.45) is 4.29. The molecule has 1 amide bonds. The number of anilines is 2. The zero-order valence-corrected chi connectivity index (χ0v) is 11.6. The average Bonchev–Trinajstić information content (AvgIpc) is 2.83. The molecule has 0 atom stereocenters. The van der Waals surface area contributed by atoms with Crippen LogP contribution in [0.5, 0.6) is 0 Å². The van der Waals surface area contributed by atoms with Gasteiger partial charge in [0.05, 0.1) is 11.3 Å². The molecule has 0 aliphatic heterocycles. The second-order valence-electron chi connectivity index (χ2n) is 4.78. The number of halogens is 1. The van der Waals surface area contributed by atoms with E-state index < -0.39 is 11.7 Å². The van der Waals surface area contributed by atoms with Crippen LogP contribution in [-0.4, -0.2) is 10.9 Å². The quantitative estimate of drug-likeness (QED) is 0.836. The molecule has 6 heteroatoms. The van der Waals surface area contributed by atoms with E-state index in [1.165, 1.54) is 34.8 Å². The van der Waals surface area contributed by atoms with Gasteiger partial charge in [0.2, 0.25) is 0 Å². The molecule has 1 aromatic heterocycles. The fourth-order valence-electron chi connectivity index (χ4n) is 2.30. The number of benzene rings is 1. The van der Waals surface area contributed by atoms with E-state index >= 15 is 0 Å². The van der Waals surface area contributed by atoms with Gasteiger partial charge in [-0.25, -0.2) is 9.37 Å². The van der Waals surface area contributed by atoms with Crippen molar-refractivity contribution >= 4 is 28.1 Å². The molecular formula is C14H14FN3OS. The minimum atomic E-state index is -0.484. The van der Waals surface area contributed by atoms with E-state index in [0.717, 1.165) is 31.0 Å². The van der Waals surface area contributed by atoms with Crippen LogP contribution in [0.4, 0.5) is 15.2 Å². The van der Waals surface area contributed by atoms with Crippen LogP contribution in [0.25, 0.3) is 0 Å². The summed E-state index contributed by atoms with van der Waals surface area (Å²) in [4.78, 5) is 17.8. The molecule has 0 bridgehead atoms. The largest absolute Gasteiger partial charge is 0.398 e. The average molecular weight is 291 g/mol. The van der Waals surface area contributed by atoms with Crippen LogP contribution < -0.4 is 11.1 Å². The molecule has 0 unspecified atom stereocenters. The number of nitrogens with zero attached hydrogens (tertiary/aromatic N) is 1. The Bertz CT molecular complexity index is 645. The molecule has 20 heavy (non-hydrogen) atoms. The lowest BCUT2D eigenvalue weighted by Gasteiger charge is -2.06. The Hall–Kier alpha value is -1.95. The molecule has 3 rings (SSSR count). The molecule has 0 spiro atoms. The summed E-state index contributed by atoms with van der Waals surface area (Å²) in [6.45, 7) is 0. The minimum Gasteiger partial charge on any atom is -0.398 e. The monoisotopic (exact) mass is 291 g/mol. The first-order chi connectivity index (χ1) is 9.63. The van der Waals surface area contributed by atoms with Gasteiger partial charge in [-0.05, 0) is 43.9 Å². The van der Waals surface area contributed by atoms with Crippen molar-refractivity contribution in [2.24, 2.45) is 0 Å². The fourth-order valence-corrected chi connectivity index (χ4v) is 3.34. The number of amides is 1. The van der Waals surface area contributed by atoms with E-state index in [1.54, 1.807) is 0 Å². The van der Waals surface area contributed by atoms with Gasteiger partial charge in [0, 0.05) is 10.6 Å². The number of nitrogen functional groups attached to an aromatic ring is 1. The van der Waals surface area contributed by atoms with Gasteiger partial charge < -0.3 is 5.73 Å². The van der Waals surface area contributed by atoms with Crippen LogP contribution in [0.3, 0.4) is 0 Å². The summed E-state index contributed by atoms with van der Waals surface area (Å²) < 4.78 is 13.2. The van der Waals surface area contributed by atoms with Gasteiger partial charge in [-0.2, -0.15) is 0 Å². The molecule has 3 N–H and O–H groups in total. The van der Waals surface area contributed by atoms with Gasteiger partial charge in [-0.15, -0.1) is 11.3 Å². The van der Waals surface area contributed by atoms with Crippen molar-refractivity contribution in [3.63, 3.8) is 0 Å². The van der Waals surface area contributed by atoms with E-state index in [0.29, 0.717) is 5.13 Å². The Balaban J connectivity index is 1.82. The van der Waals surface area contributed by atoms with Crippen molar-refractivity contribution in [2.45, 2.75) is 25.7 Å². The van der Waals surface area contributed by atoms with Crippen LogP contribution in [0, 0.1) is 5.82 Å². The number of thiazole rings is 1. The highest BCUT2D eigenvalue weighted by atomic mass is 32.1. The summed E-state index contributed by atoms with van der Waals surface area (Å²) in [5.41, 5.74) is 7.16. The zero-order chi connectivity index (χ0) is 14.1. The zero-order valence-electron chi connectivity index (χ0n) is 10.8. The topological polar surface area (TPSA) is 68.0 Å². The first-order valence-electron chi connectivity index (χ1n) is 6.48. The van der Waals surface area contributed by atoms with Crippen molar-refractivity contribution in [1.29, 1.82) is 0 Å². The van der Waals surface area contributed by atoms with Gasteiger partial charge in [0.25, 0.3) is 5.91 Å². The van der Waals surface area contributed by atoms with Crippen LogP contribution in [0.1, 0.15) is 33.8 Å². The molecule has 0 radical (unpaired) electrons. The fraction of sp³-hybridized carbons (Fsp3) is 0.286. The number of fused-ring (bicyclic) bond motifs is 1. The van der Waals surface area contributed by atoms with Crippen molar-refractivity contribution in [3.05, 3.63) is 40.2 Å². The normalized spacial score (nSPS) is 13.8. The van der Waals surface area contributed by atoms with Crippen LogP contribution in [0.2, 0.25) is 0 Å². The van der Waals surface area contributed by atoms with E-state index in [2.05, 4.69) is 10.3 Å². The number of hydrogen-bond donors (Lipinski definition) is 2. The van der Waals surface area contributed by atoms with Crippen molar-refractivity contribution in [3.8, 4) is 0 Å². The predicted octanol–water partition coefficient (Wildman–Crippen LogP) is 3.00. The van der Waals surface area contributed by atoms with Gasteiger partial charge in [-0.3, -0.25) is 10.1 Å². The highest BCUT2D eigenvalue weighted by molar-refractivity contribution is 7.15. The molecule has 1 heterocycles. The predicted molar refractivity (Wildman–Crippen MR) is 77.5 cm³/mol. The Morgan fingerprint density at radius 2 is 2.15 bits per heavy atom. The molecule has 1 aliphatic carbocycles. The molecule has 0 saturated carbocycles. The van der Waals surface area contributed by atoms with Gasteiger partial charge in [-0.1, -0.05) is 0 Å². The smallest absolute Gasteiger partial charge is 0.259 e. The molecule has 1 aromatic carbocycles. The highest BCUT2D eigenvalue weighted by Gasteiger charge is 2.18. The number of hydrogen-bond acceptors (Lipinski definition) is 4. The highest BCUT2D eigenvalue weighted by Crippen LogP contribution is 2.30. The number of nitrogens with one attached hydrogen (secondary N) is 1. The first-order valence-corrected chi connectivity index (χ1v) is 7.30. The lowest BCUT2D eigenvalue weighted by Crippen LogP contribution is -2.14. The maximum atomic E-state index is 13.2. The summed E-state index contributed by atoms with van der Waals surface area (Å²) in [7, 11) is 0. The third-order valence-corrected chi connectivity index (χ3v) is 4.40. The minimum absolute atomic E-state index is 0.137. The van der Waals surface area contributed by atoms with E-state index in [9.17, 15) is 9.18 Å². The number of rotatable bonds is 2. The van der Waals surface area contributed by atoms with Gasteiger partial charge in [0.1, 0.15) is 5.82 Å². The maximum absolute atomic E-state index is 13.2. The standard InChI is InChI=1S/C14H14FN3OS/c15-8-5-6-10(16)9(7-8)13(19)18-14-17-11-3-1-2-4-12(11)20-14/h5-7H,1-4,16H2,(H,17,18,19). The number of carbonyl (C=O) groups excluding carboxylic acids is 1.